The molecule has 0 amide bonds. The molecular formula is C7H10N2O2S. The quantitative estimate of drug-likeness (QED) is 0.301. The van der Waals surface area contributed by atoms with E-state index in [0.29, 0.717) is 18.0 Å². The lowest BCUT2D eigenvalue weighted by molar-refractivity contribution is -0.403. The van der Waals surface area contributed by atoms with E-state index in [0.717, 1.165) is 6.20 Å². The molecule has 0 aliphatic carbocycles. The molecule has 0 aliphatic rings. The summed E-state index contributed by atoms with van der Waals surface area (Å²) in [5.41, 5.74) is 0. The molecule has 12 heavy (non-hydrogen) atoms. The Morgan fingerprint density at radius 2 is 2.58 bits per heavy atom. The lowest BCUT2D eigenvalue weighted by Crippen LogP contribution is -2.13. The molecule has 0 bridgehead atoms. The highest BCUT2D eigenvalue weighted by Gasteiger charge is 1.98. The van der Waals surface area contributed by atoms with E-state index in [9.17, 15) is 10.1 Å². The molecule has 0 aromatic heterocycles. The maximum Gasteiger partial charge on any atom is 0.263 e. The summed E-state index contributed by atoms with van der Waals surface area (Å²) in [4.78, 5) is 9.55. The van der Waals surface area contributed by atoms with Gasteiger partial charge in [-0.3, -0.25) is 10.1 Å². The van der Waals surface area contributed by atoms with Crippen molar-refractivity contribution >= 4 is 11.8 Å². The van der Waals surface area contributed by atoms with Gasteiger partial charge in [-0.25, -0.2) is 0 Å². The fraction of sp³-hybridized carbons (Fsp3) is 0.429. The summed E-state index contributed by atoms with van der Waals surface area (Å²) in [6.07, 6.45) is 8.27. The zero-order chi connectivity index (χ0) is 9.40. The van der Waals surface area contributed by atoms with Crippen molar-refractivity contribution in [2.45, 2.75) is 6.42 Å². The van der Waals surface area contributed by atoms with Crippen LogP contribution in [-0.4, -0.2) is 17.7 Å². The molecule has 0 atom stereocenters. The van der Waals surface area contributed by atoms with Gasteiger partial charge in [0.2, 0.25) is 0 Å². The summed E-state index contributed by atoms with van der Waals surface area (Å²) in [5, 5.41) is 13.4. The van der Waals surface area contributed by atoms with Crippen LogP contribution in [-0.2, 0) is 0 Å². The maximum absolute atomic E-state index is 10.0. The van der Waals surface area contributed by atoms with Crippen LogP contribution in [0.3, 0.4) is 0 Å². The zero-order valence-electron chi connectivity index (χ0n) is 6.74. The first kappa shape index (κ1) is 10.8. The van der Waals surface area contributed by atoms with E-state index in [1.807, 2.05) is 0 Å². The lowest BCUT2D eigenvalue weighted by Gasteiger charge is -2.01. The third kappa shape index (κ3) is 5.62. The van der Waals surface area contributed by atoms with Crippen molar-refractivity contribution in [3.8, 4) is 12.3 Å². The number of hydrogen-bond acceptors (Lipinski definition) is 4. The molecule has 0 aliphatic heterocycles. The van der Waals surface area contributed by atoms with Crippen LogP contribution in [0.15, 0.2) is 11.2 Å². The number of terminal acetylenes is 1. The van der Waals surface area contributed by atoms with Crippen LogP contribution in [0.4, 0.5) is 0 Å². The van der Waals surface area contributed by atoms with Gasteiger partial charge >= 0.3 is 0 Å². The molecule has 0 rings (SSSR count). The lowest BCUT2D eigenvalue weighted by atomic mass is 10.4. The van der Waals surface area contributed by atoms with E-state index in [4.69, 9.17) is 6.42 Å². The molecule has 4 nitrogen and oxygen atoms in total. The van der Waals surface area contributed by atoms with Crippen molar-refractivity contribution in [1.29, 1.82) is 0 Å². The van der Waals surface area contributed by atoms with Crippen LogP contribution in [0.1, 0.15) is 6.42 Å². The molecule has 0 heterocycles. The van der Waals surface area contributed by atoms with Crippen molar-refractivity contribution in [1.82, 2.24) is 5.32 Å². The Morgan fingerprint density at radius 1 is 1.92 bits per heavy atom. The number of thioether (sulfide) groups is 1. The molecule has 66 valence electrons. The second-order valence-corrected chi connectivity index (χ2v) is 2.71. The molecule has 0 radical (unpaired) electrons. The monoisotopic (exact) mass is 186 g/mol. The summed E-state index contributed by atoms with van der Waals surface area (Å²) >= 11 is 1.29. The van der Waals surface area contributed by atoms with E-state index in [-0.39, 0.29) is 0 Å². The van der Waals surface area contributed by atoms with E-state index < -0.39 is 4.92 Å². The van der Waals surface area contributed by atoms with Gasteiger partial charge in [-0.2, -0.15) is 0 Å². The third-order valence-corrected chi connectivity index (χ3v) is 1.70. The molecule has 0 saturated heterocycles. The summed E-state index contributed by atoms with van der Waals surface area (Å²) in [5.74, 6) is 2.43. The van der Waals surface area contributed by atoms with Crippen molar-refractivity contribution in [3.05, 3.63) is 21.3 Å². The van der Waals surface area contributed by atoms with Gasteiger partial charge < -0.3 is 5.32 Å². The number of hydrogen-bond donors (Lipinski definition) is 1. The van der Waals surface area contributed by atoms with E-state index >= 15 is 0 Å². The van der Waals surface area contributed by atoms with Gasteiger partial charge in [0.15, 0.2) is 0 Å². The minimum absolute atomic E-state index is 0.491. The van der Waals surface area contributed by atoms with E-state index in [2.05, 4.69) is 11.2 Å². The largest absolute Gasteiger partial charge is 0.374 e. The van der Waals surface area contributed by atoms with Gasteiger partial charge in [0.25, 0.3) is 6.20 Å². The summed E-state index contributed by atoms with van der Waals surface area (Å²) in [7, 11) is 0. The molecular weight excluding hydrogens is 176 g/mol. The van der Waals surface area contributed by atoms with Crippen LogP contribution < -0.4 is 5.32 Å². The standard InChI is InChI=1S/C7H10N2O2S/c1-3-4-5-8-7(12-2)6-9(10)11/h1,6,8H,4-5H2,2H3. The van der Waals surface area contributed by atoms with Crippen molar-refractivity contribution in [2.24, 2.45) is 0 Å². The van der Waals surface area contributed by atoms with Crippen LogP contribution in [0, 0.1) is 22.5 Å². The summed E-state index contributed by atoms with van der Waals surface area (Å²) in [6, 6.07) is 0. The van der Waals surface area contributed by atoms with Gasteiger partial charge in [-0.1, -0.05) is 0 Å². The molecule has 5 heteroatoms. The van der Waals surface area contributed by atoms with Crippen LogP contribution in [0.25, 0.3) is 0 Å². The number of nitrogens with one attached hydrogen (secondary N) is 1. The topological polar surface area (TPSA) is 55.2 Å². The molecule has 0 aromatic rings. The maximum atomic E-state index is 10.0. The minimum atomic E-state index is -0.491. The predicted octanol–water partition coefficient (Wildman–Crippen LogP) is 1.04. The van der Waals surface area contributed by atoms with Gasteiger partial charge in [-0.05, 0) is 6.26 Å². The Labute approximate surface area is 75.6 Å². The molecule has 0 fully saturated rings. The van der Waals surface area contributed by atoms with Gasteiger partial charge in [0.05, 0.1) is 4.92 Å². The van der Waals surface area contributed by atoms with Crippen molar-refractivity contribution in [3.63, 3.8) is 0 Å². The summed E-state index contributed by atoms with van der Waals surface area (Å²) in [6.45, 7) is 0.566. The highest BCUT2D eigenvalue weighted by Crippen LogP contribution is 2.06. The highest BCUT2D eigenvalue weighted by molar-refractivity contribution is 8.02. The number of nitrogens with zero attached hydrogens (tertiary/aromatic N) is 1. The molecule has 0 aromatic carbocycles. The number of rotatable bonds is 5. The SMILES string of the molecule is C#CCCNC(=C[N+](=O)[O-])SC. The fourth-order valence-corrected chi connectivity index (χ4v) is 0.962. The van der Waals surface area contributed by atoms with Gasteiger partial charge in [-0.15, -0.1) is 24.1 Å². The Hall–Kier alpha value is -1.15. The van der Waals surface area contributed by atoms with Gasteiger partial charge in [0.1, 0.15) is 5.03 Å². The van der Waals surface area contributed by atoms with Crippen LogP contribution >= 0.6 is 11.8 Å². The first-order valence-electron chi connectivity index (χ1n) is 3.27. The molecule has 1 N–H and O–H groups in total. The average Bonchev–Trinajstić information content (AvgIpc) is 2.02. The predicted molar refractivity (Wildman–Crippen MR) is 50.0 cm³/mol. The minimum Gasteiger partial charge on any atom is -0.374 e. The van der Waals surface area contributed by atoms with Gasteiger partial charge in [0, 0.05) is 13.0 Å². The molecule has 0 saturated carbocycles. The fourth-order valence-electron chi connectivity index (χ4n) is 0.524. The number of nitro groups is 1. The van der Waals surface area contributed by atoms with Crippen LogP contribution in [0.2, 0.25) is 0 Å². The third-order valence-electron chi connectivity index (χ3n) is 1.01. The highest BCUT2D eigenvalue weighted by atomic mass is 32.2. The van der Waals surface area contributed by atoms with Crippen molar-refractivity contribution in [2.75, 3.05) is 12.8 Å². The Morgan fingerprint density at radius 3 is 3.00 bits per heavy atom. The van der Waals surface area contributed by atoms with Crippen molar-refractivity contribution < 1.29 is 4.92 Å². The first-order chi connectivity index (χ1) is 5.70. The second kappa shape index (κ2) is 6.55. The Balaban J connectivity index is 3.85. The Bertz CT molecular complexity index is 220. The summed E-state index contributed by atoms with van der Waals surface area (Å²) < 4.78 is 0. The smallest absolute Gasteiger partial charge is 0.263 e. The second-order valence-electron chi connectivity index (χ2n) is 1.86. The Kier molecular flexibility index (Phi) is 5.93. The average molecular weight is 186 g/mol. The molecule has 0 spiro atoms. The normalized spacial score (nSPS) is 10.5. The van der Waals surface area contributed by atoms with Crippen LogP contribution in [0.5, 0.6) is 0 Å². The first-order valence-corrected chi connectivity index (χ1v) is 4.49. The zero-order valence-corrected chi connectivity index (χ0v) is 7.56. The van der Waals surface area contributed by atoms with E-state index in [1.165, 1.54) is 11.8 Å². The molecule has 0 unspecified atom stereocenters. The van der Waals surface area contributed by atoms with E-state index in [1.54, 1.807) is 6.26 Å².